The largest absolute Gasteiger partial charge is 1.00 e. The van der Waals surface area contributed by atoms with Gasteiger partial charge < -0.3 is 22.3 Å². The van der Waals surface area contributed by atoms with Gasteiger partial charge in [-0.05, 0) is 18.9 Å². The summed E-state index contributed by atoms with van der Waals surface area (Å²) in [6.45, 7) is 5.82. The van der Waals surface area contributed by atoms with Crippen molar-refractivity contribution in [2.75, 3.05) is 6.54 Å². The molecule has 1 rings (SSSR count). The van der Waals surface area contributed by atoms with Gasteiger partial charge in [-0.15, -0.1) is 0 Å². The van der Waals surface area contributed by atoms with E-state index in [-0.39, 0.29) is 22.9 Å². The summed E-state index contributed by atoms with van der Waals surface area (Å²) in [6.07, 6.45) is 9.39. The van der Waals surface area contributed by atoms with Crippen LogP contribution < -0.4 is 26.9 Å². The Kier molecular flexibility index (Phi) is 10.5. The number of amides is 1. The Hall–Kier alpha value is -0.900. The number of hydrogen-bond acceptors (Lipinski definition) is 1. The molecule has 1 N–H and O–H groups in total. The number of hydrogen-bond donors (Lipinski definition) is 1. The lowest BCUT2D eigenvalue weighted by Gasteiger charge is -2.03. The minimum atomic E-state index is 0. The molecular formula is C15H25BrN2O. The van der Waals surface area contributed by atoms with Crippen molar-refractivity contribution < 1.29 is 26.3 Å². The molecule has 0 bridgehead atoms. The number of pyridine rings is 1. The smallest absolute Gasteiger partial charge is 0.226 e. The summed E-state index contributed by atoms with van der Waals surface area (Å²) in [6, 6.07) is 4.12. The van der Waals surface area contributed by atoms with Gasteiger partial charge in [-0.3, -0.25) is 4.79 Å². The van der Waals surface area contributed by atoms with Crippen molar-refractivity contribution in [1.82, 2.24) is 5.32 Å². The van der Waals surface area contributed by atoms with E-state index in [4.69, 9.17) is 0 Å². The van der Waals surface area contributed by atoms with Crippen LogP contribution in [0.1, 0.15) is 44.6 Å². The fourth-order valence-corrected chi connectivity index (χ4v) is 1.78. The fraction of sp³-hybridized carbons (Fsp3) is 0.600. The topological polar surface area (TPSA) is 33.0 Å². The van der Waals surface area contributed by atoms with Crippen LogP contribution in [0.15, 0.2) is 24.5 Å². The molecule has 0 aliphatic heterocycles. The molecule has 0 fully saturated rings. The minimum absolute atomic E-state index is 0. The number of nitrogens with zero attached hydrogens (tertiary/aromatic N) is 1. The van der Waals surface area contributed by atoms with Gasteiger partial charge in [0.25, 0.3) is 0 Å². The minimum Gasteiger partial charge on any atom is -1.00 e. The molecule has 1 aromatic rings. The summed E-state index contributed by atoms with van der Waals surface area (Å²) >= 11 is 0. The van der Waals surface area contributed by atoms with Gasteiger partial charge in [-0.1, -0.05) is 26.2 Å². The normalized spacial score (nSPS) is 9.79. The molecule has 1 heterocycles. The molecule has 0 aromatic carbocycles. The van der Waals surface area contributed by atoms with E-state index in [1.165, 1.54) is 24.8 Å². The van der Waals surface area contributed by atoms with Crippen molar-refractivity contribution in [3.63, 3.8) is 0 Å². The van der Waals surface area contributed by atoms with Gasteiger partial charge in [0.15, 0.2) is 18.9 Å². The van der Waals surface area contributed by atoms with Crippen molar-refractivity contribution in [3.8, 4) is 0 Å². The summed E-state index contributed by atoms with van der Waals surface area (Å²) in [5.74, 6) is 0.152. The summed E-state index contributed by atoms with van der Waals surface area (Å²) < 4.78 is 2.05. The molecule has 0 radical (unpaired) electrons. The maximum Gasteiger partial charge on any atom is 0.226 e. The first-order valence-electron chi connectivity index (χ1n) is 6.94. The Labute approximate surface area is 127 Å². The molecule has 19 heavy (non-hydrogen) atoms. The SMILES string of the molecule is CCCCCCNC(=O)CC[n+]1ccc(C)cc1.[Br-]. The highest BCUT2D eigenvalue weighted by Crippen LogP contribution is 1.97. The fourth-order valence-electron chi connectivity index (χ4n) is 1.78. The monoisotopic (exact) mass is 328 g/mol. The van der Waals surface area contributed by atoms with Crippen molar-refractivity contribution >= 4 is 5.91 Å². The predicted molar refractivity (Wildman–Crippen MR) is 73.1 cm³/mol. The first kappa shape index (κ1) is 18.1. The molecule has 0 saturated carbocycles. The highest BCUT2D eigenvalue weighted by Gasteiger charge is 2.05. The first-order valence-corrected chi connectivity index (χ1v) is 6.94. The highest BCUT2D eigenvalue weighted by molar-refractivity contribution is 5.75. The Morgan fingerprint density at radius 3 is 2.53 bits per heavy atom. The second kappa shape index (κ2) is 11.0. The Morgan fingerprint density at radius 1 is 1.21 bits per heavy atom. The summed E-state index contributed by atoms with van der Waals surface area (Å²) in [7, 11) is 0. The van der Waals surface area contributed by atoms with Gasteiger partial charge >= 0.3 is 0 Å². The standard InChI is InChI=1S/C15H24N2O.BrH/c1-3-4-5-6-10-16-15(18)9-13-17-11-7-14(2)8-12-17;/h7-8,11-12H,3-6,9-10,13H2,1-2H3;1H. The molecule has 0 aliphatic carbocycles. The molecule has 3 nitrogen and oxygen atoms in total. The van der Waals surface area contributed by atoms with Crippen LogP contribution in [0.3, 0.4) is 0 Å². The van der Waals surface area contributed by atoms with Crippen molar-refractivity contribution in [3.05, 3.63) is 30.1 Å². The molecule has 0 aliphatic rings. The molecule has 0 unspecified atom stereocenters. The number of aryl methyl sites for hydroxylation is 2. The van der Waals surface area contributed by atoms with Crippen LogP contribution in [0.25, 0.3) is 0 Å². The average Bonchev–Trinajstić information content (AvgIpc) is 2.38. The third-order valence-corrected chi connectivity index (χ3v) is 3.01. The van der Waals surface area contributed by atoms with Crippen molar-refractivity contribution in [2.45, 2.75) is 52.5 Å². The van der Waals surface area contributed by atoms with Crippen LogP contribution in [0.4, 0.5) is 0 Å². The third-order valence-electron chi connectivity index (χ3n) is 3.01. The van der Waals surface area contributed by atoms with E-state index in [1.54, 1.807) is 0 Å². The van der Waals surface area contributed by atoms with Gasteiger partial charge in [0.2, 0.25) is 5.91 Å². The molecule has 0 saturated heterocycles. The van der Waals surface area contributed by atoms with E-state index in [0.717, 1.165) is 19.5 Å². The van der Waals surface area contributed by atoms with Gasteiger partial charge in [-0.2, -0.15) is 0 Å². The van der Waals surface area contributed by atoms with E-state index in [9.17, 15) is 4.79 Å². The Balaban J connectivity index is 0.00000324. The number of halogens is 1. The van der Waals surface area contributed by atoms with E-state index < -0.39 is 0 Å². The number of aromatic nitrogens is 1. The number of carbonyl (C=O) groups is 1. The second-order valence-electron chi connectivity index (χ2n) is 4.77. The number of nitrogens with one attached hydrogen (secondary N) is 1. The number of carbonyl (C=O) groups excluding carboxylic acids is 1. The molecule has 0 spiro atoms. The number of unbranched alkanes of at least 4 members (excludes halogenated alkanes) is 3. The second-order valence-corrected chi connectivity index (χ2v) is 4.77. The van der Waals surface area contributed by atoms with Crippen LogP contribution in [0.5, 0.6) is 0 Å². The van der Waals surface area contributed by atoms with Crippen LogP contribution in [0, 0.1) is 6.92 Å². The van der Waals surface area contributed by atoms with Gasteiger partial charge in [-0.25, -0.2) is 4.57 Å². The van der Waals surface area contributed by atoms with Gasteiger partial charge in [0.05, 0.1) is 6.42 Å². The first-order chi connectivity index (χ1) is 8.72. The molecule has 1 amide bonds. The molecular weight excluding hydrogens is 304 g/mol. The molecule has 0 atom stereocenters. The Morgan fingerprint density at radius 2 is 1.89 bits per heavy atom. The zero-order valence-corrected chi connectivity index (χ0v) is 13.6. The zero-order valence-electron chi connectivity index (χ0n) is 12.0. The van der Waals surface area contributed by atoms with E-state index in [1.807, 2.05) is 17.0 Å². The summed E-state index contributed by atoms with van der Waals surface area (Å²) in [5.41, 5.74) is 1.24. The van der Waals surface area contributed by atoms with E-state index in [2.05, 4.69) is 31.3 Å². The van der Waals surface area contributed by atoms with Crippen molar-refractivity contribution in [2.24, 2.45) is 0 Å². The lowest BCUT2D eigenvalue weighted by Crippen LogP contribution is -3.00. The number of rotatable bonds is 8. The van der Waals surface area contributed by atoms with Crippen LogP contribution in [-0.4, -0.2) is 12.5 Å². The predicted octanol–water partition coefficient (Wildman–Crippen LogP) is -0.627. The van der Waals surface area contributed by atoms with E-state index >= 15 is 0 Å². The summed E-state index contributed by atoms with van der Waals surface area (Å²) in [4.78, 5) is 11.6. The van der Waals surface area contributed by atoms with Crippen molar-refractivity contribution in [1.29, 1.82) is 0 Å². The molecule has 1 aromatic heterocycles. The van der Waals surface area contributed by atoms with E-state index in [0.29, 0.717) is 6.42 Å². The summed E-state index contributed by atoms with van der Waals surface area (Å²) in [5, 5.41) is 2.97. The quantitative estimate of drug-likeness (QED) is 0.500. The van der Waals surface area contributed by atoms with Crippen LogP contribution in [0.2, 0.25) is 0 Å². The highest BCUT2D eigenvalue weighted by atomic mass is 79.9. The molecule has 4 heteroatoms. The van der Waals surface area contributed by atoms with Crippen LogP contribution >= 0.6 is 0 Å². The lowest BCUT2D eigenvalue weighted by atomic mass is 10.2. The zero-order chi connectivity index (χ0) is 13.2. The molecule has 108 valence electrons. The maximum atomic E-state index is 11.6. The van der Waals surface area contributed by atoms with Gasteiger partial charge in [0.1, 0.15) is 0 Å². The van der Waals surface area contributed by atoms with Gasteiger partial charge in [0, 0.05) is 18.7 Å². The van der Waals surface area contributed by atoms with Crippen LogP contribution in [-0.2, 0) is 11.3 Å². The maximum absolute atomic E-state index is 11.6. The third kappa shape index (κ3) is 8.76. The lowest BCUT2D eigenvalue weighted by molar-refractivity contribution is -0.695. The Bertz CT molecular complexity index is 352. The average molecular weight is 329 g/mol.